The molecule has 136 valence electrons. The van der Waals surface area contributed by atoms with Crippen molar-refractivity contribution in [2.75, 3.05) is 5.32 Å². The zero-order valence-electron chi connectivity index (χ0n) is 14.6. The second kappa shape index (κ2) is 6.91. The first kappa shape index (κ1) is 18.1. The minimum absolute atomic E-state index is 0.0840. The van der Waals surface area contributed by atoms with Gasteiger partial charge in [0.05, 0.1) is 5.69 Å². The molecule has 0 aromatic carbocycles. The lowest BCUT2D eigenvalue weighted by Gasteiger charge is -2.08. The molecule has 0 bridgehead atoms. The molecule has 8 nitrogen and oxygen atoms in total. The second-order valence-electron chi connectivity index (χ2n) is 6.10. The number of rotatable bonds is 4. The van der Waals surface area contributed by atoms with Crippen molar-refractivity contribution in [2.24, 2.45) is 7.05 Å². The molecule has 0 atom stereocenters. The largest absolute Gasteiger partial charge is 0.326 e. The number of nitrogens with one attached hydrogen (secondary N) is 3. The molecule has 3 N–H and O–H groups in total. The molecule has 3 heterocycles. The molecule has 0 radical (unpaired) electrons. The maximum Gasteiger partial charge on any atom is 0.271 e. The van der Waals surface area contributed by atoms with E-state index in [4.69, 9.17) is 0 Å². The van der Waals surface area contributed by atoms with Crippen molar-refractivity contribution in [1.82, 2.24) is 19.7 Å². The number of hydrogen-bond donors (Lipinski definition) is 3. The van der Waals surface area contributed by atoms with E-state index in [1.165, 1.54) is 12.3 Å². The summed E-state index contributed by atoms with van der Waals surface area (Å²) >= 11 is 3.24. The van der Waals surface area contributed by atoms with Crippen molar-refractivity contribution in [1.29, 1.82) is 0 Å². The highest BCUT2D eigenvalue weighted by molar-refractivity contribution is 9.10. The van der Waals surface area contributed by atoms with Crippen LogP contribution in [0.1, 0.15) is 23.2 Å². The van der Waals surface area contributed by atoms with Crippen molar-refractivity contribution in [3.8, 4) is 0 Å². The Morgan fingerprint density at radius 2 is 2.04 bits per heavy atom. The summed E-state index contributed by atoms with van der Waals surface area (Å²) in [5.41, 5.74) is 2.40. The molecular weight excluding hydrogens is 402 g/mol. The molecule has 0 spiro atoms. The van der Waals surface area contributed by atoms with Gasteiger partial charge in [-0.25, -0.2) is 0 Å². The Balaban J connectivity index is 1.82. The lowest BCUT2D eigenvalue weighted by Crippen LogP contribution is -2.22. The van der Waals surface area contributed by atoms with E-state index in [0.29, 0.717) is 15.7 Å². The van der Waals surface area contributed by atoms with Gasteiger partial charge in [-0.15, -0.1) is 0 Å². The third-order valence-electron chi connectivity index (χ3n) is 4.30. The predicted molar refractivity (Wildman–Crippen MR) is 103 cm³/mol. The van der Waals surface area contributed by atoms with Gasteiger partial charge in [0.2, 0.25) is 5.91 Å². The van der Waals surface area contributed by atoms with Gasteiger partial charge in [0.1, 0.15) is 11.3 Å². The highest BCUT2D eigenvalue weighted by Crippen LogP contribution is 2.21. The van der Waals surface area contributed by atoms with E-state index < -0.39 is 0 Å². The van der Waals surface area contributed by atoms with Crippen LogP contribution in [0.5, 0.6) is 0 Å². The third-order valence-corrected chi connectivity index (χ3v) is 4.76. The van der Waals surface area contributed by atoms with Gasteiger partial charge in [0, 0.05) is 35.1 Å². The first-order valence-corrected chi connectivity index (χ1v) is 8.80. The molecule has 3 aromatic rings. The van der Waals surface area contributed by atoms with Crippen LogP contribution in [0, 0.1) is 13.8 Å². The number of aryl methyl sites for hydroxylation is 3. The molecule has 3 aromatic heterocycles. The van der Waals surface area contributed by atoms with E-state index >= 15 is 0 Å². The lowest BCUT2D eigenvalue weighted by molar-refractivity contribution is -0.116. The molecule has 3 rings (SSSR count). The number of hydrogen-bond acceptors (Lipinski definition) is 4. The van der Waals surface area contributed by atoms with E-state index in [9.17, 15) is 14.4 Å². The Kier molecular flexibility index (Phi) is 4.82. The molecule has 0 unspecified atom stereocenters. The van der Waals surface area contributed by atoms with Crippen LogP contribution in [-0.2, 0) is 18.3 Å². The van der Waals surface area contributed by atoms with Gasteiger partial charge in [0.15, 0.2) is 0 Å². The van der Waals surface area contributed by atoms with Gasteiger partial charge in [-0.2, -0.15) is 5.10 Å². The van der Waals surface area contributed by atoms with Crippen LogP contribution in [0.2, 0.25) is 0 Å². The molecule has 0 aliphatic carbocycles. The molecule has 0 saturated carbocycles. The Morgan fingerprint density at radius 1 is 1.31 bits per heavy atom. The Bertz CT molecular complexity index is 1130. The van der Waals surface area contributed by atoms with Crippen molar-refractivity contribution >= 4 is 38.6 Å². The quantitative estimate of drug-likeness (QED) is 0.599. The number of fused-ring (bicyclic) bond motifs is 1. The molecule has 1 amide bonds. The standard InChI is InChI=1S/C17H18BrN5O3/c1-8-11(16(25)21-15-14(8)9(2)22-23(15)3)4-5-13(24)20-12-6-10(18)7-19-17(12)26/h6-7H,4-5H2,1-3H3,(H,19,26)(H,20,24)(H,21,25). The van der Waals surface area contributed by atoms with Crippen molar-refractivity contribution in [3.63, 3.8) is 0 Å². The number of aromatic amines is 2. The maximum absolute atomic E-state index is 12.4. The van der Waals surface area contributed by atoms with Gasteiger partial charge in [0.25, 0.3) is 11.1 Å². The van der Waals surface area contributed by atoms with Gasteiger partial charge in [-0.05, 0) is 47.8 Å². The summed E-state index contributed by atoms with van der Waals surface area (Å²) in [5.74, 6) is -0.338. The topological polar surface area (TPSA) is 113 Å². The van der Waals surface area contributed by atoms with Crippen molar-refractivity contribution in [2.45, 2.75) is 26.7 Å². The summed E-state index contributed by atoms with van der Waals surface area (Å²) in [6.45, 7) is 3.74. The molecule has 0 aliphatic rings. The van der Waals surface area contributed by atoms with Crippen LogP contribution in [0.25, 0.3) is 11.0 Å². The smallest absolute Gasteiger partial charge is 0.271 e. The zero-order valence-corrected chi connectivity index (χ0v) is 16.2. The highest BCUT2D eigenvalue weighted by atomic mass is 79.9. The Hall–Kier alpha value is -2.68. The van der Waals surface area contributed by atoms with Crippen LogP contribution in [0.3, 0.4) is 0 Å². The summed E-state index contributed by atoms with van der Waals surface area (Å²) < 4.78 is 2.28. The second-order valence-corrected chi connectivity index (χ2v) is 7.01. The number of halogens is 1. The minimum Gasteiger partial charge on any atom is -0.326 e. The summed E-state index contributed by atoms with van der Waals surface area (Å²) in [6.07, 6.45) is 1.84. The number of carbonyl (C=O) groups excluding carboxylic acids is 1. The number of H-pyrrole nitrogens is 2. The maximum atomic E-state index is 12.4. The molecule has 0 saturated heterocycles. The summed E-state index contributed by atoms with van der Waals surface area (Å²) in [6, 6.07) is 1.53. The Labute approximate surface area is 156 Å². The molecule has 26 heavy (non-hydrogen) atoms. The fourth-order valence-corrected chi connectivity index (χ4v) is 3.40. The van der Waals surface area contributed by atoms with E-state index in [0.717, 1.165) is 16.6 Å². The number of aromatic nitrogens is 4. The number of pyridine rings is 2. The predicted octanol–water partition coefficient (Wildman–Crippen LogP) is 1.90. The summed E-state index contributed by atoms with van der Waals surface area (Å²) in [4.78, 5) is 41.7. The molecule has 9 heteroatoms. The summed E-state index contributed by atoms with van der Waals surface area (Å²) in [7, 11) is 1.77. The number of amides is 1. The van der Waals surface area contributed by atoms with Crippen LogP contribution in [-0.4, -0.2) is 25.7 Å². The molecular formula is C17H18BrN5O3. The van der Waals surface area contributed by atoms with Crippen LogP contribution in [0.15, 0.2) is 26.3 Å². The van der Waals surface area contributed by atoms with Crippen molar-refractivity contribution in [3.05, 3.63) is 54.3 Å². The first-order chi connectivity index (χ1) is 12.3. The van der Waals surface area contributed by atoms with E-state index in [2.05, 4.69) is 36.3 Å². The van der Waals surface area contributed by atoms with E-state index in [-0.39, 0.29) is 35.6 Å². The van der Waals surface area contributed by atoms with Gasteiger partial charge in [-0.3, -0.25) is 19.1 Å². The van der Waals surface area contributed by atoms with Crippen LogP contribution >= 0.6 is 15.9 Å². The fraction of sp³-hybridized carbons (Fsp3) is 0.294. The average molecular weight is 420 g/mol. The monoisotopic (exact) mass is 419 g/mol. The van der Waals surface area contributed by atoms with Crippen molar-refractivity contribution < 1.29 is 4.79 Å². The number of nitrogens with zero attached hydrogens (tertiary/aromatic N) is 2. The average Bonchev–Trinajstić information content (AvgIpc) is 2.84. The minimum atomic E-state index is -0.386. The normalized spacial score (nSPS) is 11.1. The van der Waals surface area contributed by atoms with Gasteiger partial charge >= 0.3 is 0 Å². The summed E-state index contributed by atoms with van der Waals surface area (Å²) in [5, 5.41) is 7.79. The zero-order chi connectivity index (χ0) is 19.0. The third kappa shape index (κ3) is 3.34. The molecule has 0 aliphatic heterocycles. The van der Waals surface area contributed by atoms with Gasteiger partial charge < -0.3 is 15.3 Å². The fourth-order valence-electron chi connectivity index (χ4n) is 3.06. The van der Waals surface area contributed by atoms with Crippen LogP contribution < -0.4 is 16.4 Å². The van der Waals surface area contributed by atoms with E-state index in [1.54, 1.807) is 11.7 Å². The SMILES string of the molecule is Cc1nn(C)c2[nH]c(=O)c(CCC(=O)Nc3cc(Br)c[nH]c3=O)c(C)c12. The Morgan fingerprint density at radius 3 is 2.77 bits per heavy atom. The van der Waals surface area contributed by atoms with Gasteiger partial charge in [-0.1, -0.05) is 0 Å². The molecule has 0 fully saturated rings. The highest BCUT2D eigenvalue weighted by Gasteiger charge is 2.16. The number of carbonyl (C=O) groups is 1. The first-order valence-electron chi connectivity index (χ1n) is 8.01. The lowest BCUT2D eigenvalue weighted by atomic mass is 10.0. The van der Waals surface area contributed by atoms with Crippen LogP contribution in [0.4, 0.5) is 5.69 Å². The van der Waals surface area contributed by atoms with E-state index in [1.807, 2.05) is 13.8 Å². The number of anilines is 1.